The summed E-state index contributed by atoms with van der Waals surface area (Å²) in [7, 11) is 3.88. The third-order valence-corrected chi connectivity index (χ3v) is 4.06. The van der Waals surface area contributed by atoms with Crippen LogP contribution in [-0.4, -0.2) is 27.2 Å². The zero-order valence-corrected chi connectivity index (χ0v) is 13.2. The van der Waals surface area contributed by atoms with Gasteiger partial charge in [-0.15, -0.1) is 0 Å². The third-order valence-electron chi connectivity index (χ3n) is 4.06. The van der Waals surface area contributed by atoms with E-state index < -0.39 is 0 Å². The first-order valence-corrected chi connectivity index (χ1v) is 7.02. The number of rotatable bonds is 6. The van der Waals surface area contributed by atoms with Gasteiger partial charge < -0.3 is 15.4 Å². The van der Waals surface area contributed by atoms with Gasteiger partial charge in [0.05, 0.1) is 7.11 Å². The van der Waals surface area contributed by atoms with Crippen molar-refractivity contribution in [1.29, 1.82) is 0 Å². The molecule has 1 rings (SSSR count). The quantitative estimate of drug-likeness (QED) is 0.858. The van der Waals surface area contributed by atoms with Crippen LogP contribution in [0.4, 0.5) is 5.69 Å². The topological polar surface area (TPSA) is 38.5 Å². The Balaban J connectivity index is 3.07. The molecule has 0 saturated carbocycles. The van der Waals surface area contributed by atoms with Gasteiger partial charge in [-0.3, -0.25) is 0 Å². The number of aryl methyl sites for hydroxylation is 1. The lowest BCUT2D eigenvalue weighted by Gasteiger charge is -2.27. The number of nitrogens with zero attached hydrogens (tertiary/aromatic N) is 1. The summed E-state index contributed by atoms with van der Waals surface area (Å²) in [6.45, 7) is 10.3. The van der Waals surface area contributed by atoms with E-state index in [-0.39, 0.29) is 0 Å². The summed E-state index contributed by atoms with van der Waals surface area (Å²) in [5.74, 6) is 1.55. The Morgan fingerprint density at radius 2 is 1.89 bits per heavy atom. The molecule has 0 aliphatic carbocycles. The fourth-order valence-corrected chi connectivity index (χ4v) is 2.60. The molecule has 3 nitrogen and oxygen atoms in total. The lowest BCUT2D eigenvalue weighted by Crippen LogP contribution is -2.30. The maximum Gasteiger partial charge on any atom is 0.125 e. The van der Waals surface area contributed by atoms with Gasteiger partial charge >= 0.3 is 0 Å². The molecule has 1 atom stereocenters. The molecule has 0 radical (unpaired) electrons. The van der Waals surface area contributed by atoms with Crippen molar-refractivity contribution in [2.75, 3.05) is 32.1 Å². The summed E-state index contributed by atoms with van der Waals surface area (Å²) in [6, 6.07) is 2.21. The molecule has 0 bridgehead atoms. The van der Waals surface area contributed by atoms with Crippen LogP contribution >= 0.6 is 0 Å². The van der Waals surface area contributed by atoms with Crippen LogP contribution in [0.2, 0.25) is 0 Å². The molecule has 2 N–H and O–H groups in total. The van der Waals surface area contributed by atoms with Gasteiger partial charge in [0.15, 0.2) is 0 Å². The summed E-state index contributed by atoms with van der Waals surface area (Å²) >= 11 is 0. The number of anilines is 1. The Kier molecular flexibility index (Phi) is 5.67. The van der Waals surface area contributed by atoms with Crippen molar-refractivity contribution in [3.63, 3.8) is 0 Å². The summed E-state index contributed by atoms with van der Waals surface area (Å²) in [4.78, 5) is 2.32. The van der Waals surface area contributed by atoms with Gasteiger partial charge in [-0.2, -0.15) is 0 Å². The molecule has 0 aliphatic heterocycles. The first-order chi connectivity index (χ1) is 8.96. The number of benzene rings is 1. The van der Waals surface area contributed by atoms with Crippen LogP contribution in [0.15, 0.2) is 6.07 Å². The van der Waals surface area contributed by atoms with Crippen LogP contribution in [0.5, 0.6) is 5.75 Å². The van der Waals surface area contributed by atoms with Crippen molar-refractivity contribution in [2.45, 2.75) is 34.1 Å². The highest BCUT2D eigenvalue weighted by Crippen LogP contribution is 2.33. The molecule has 1 aromatic rings. The summed E-state index contributed by atoms with van der Waals surface area (Å²) in [5, 5.41) is 0. The fraction of sp³-hybridized carbons (Fsp3) is 0.625. The number of ether oxygens (including phenoxy) is 1. The van der Waals surface area contributed by atoms with E-state index in [4.69, 9.17) is 10.5 Å². The molecular formula is C16H28N2O. The maximum absolute atomic E-state index is 5.81. The lowest BCUT2D eigenvalue weighted by molar-refractivity contribution is 0.408. The smallest absolute Gasteiger partial charge is 0.125 e. The van der Waals surface area contributed by atoms with Crippen LogP contribution < -0.4 is 15.4 Å². The fourth-order valence-electron chi connectivity index (χ4n) is 2.60. The highest BCUT2D eigenvalue weighted by molar-refractivity contribution is 5.62. The van der Waals surface area contributed by atoms with Crippen molar-refractivity contribution >= 4 is 5.69 Å². The summed E-state index contributed by atoms with van der Waals surface area (Å²) < 4.78 is 5.48. The minimum Gasteiger partial charge on any atom is -0.496 e. The number of hydrogen-bond donors (Lipinski definition) is 1. The molecule has 0 fully saturated rings. The number of methoxy groups -OCH3 is 1. The van der Waals surface area contributed by atoms with Gasteiger partial charge in [-0.1, -0.05) is 13.3 Å². The minimum atomic E-state index is 0.548. The molecule has 0 amide bonds. The van der Waals surface area contributed by atoms with E-state index in [0.29, 0.717) is 5.92 Å². The molecule has 108 valence electrons. The van der Waals surface area contributed by atoms with E-state index in [2.05, 4.69) is 45.7 Å². The van der Waals surface area contributed by atoms with Gasteiger partial charge in [-0.25, -0.2) is 0 Å². The average molecular weight is 264 g/mol. The second-order valence-electron chi connectivity index (χ2n) is 5.39. The van der Waals surface area contributed by atoms with Gasteiger partial charge in [0.25, 0.3) is 0 Å². The normalized spacial score (nSPS) is 12.4. The van der Waals surface area contributed by atoms with Gasteiger partial charge in [0.2, 0.25) is 0 Å². The molecule has 1 unspecified atom stereocenters. The second-order valence-corrected chi connectivity index (χ2v) is 5.39. The van der Waals surface area contributed by atoms with E-state index in [0.717, 1.165) is 25.3 Å². The molecule has 3 heteroatoms. The number of hydrogen-bond acceptors (Lipinski definition) is 3. The van der Waals surface area contributed by atoms with E-state index in [1.807, 2.05) is 0 Å². The van der Waals surface area contributed by atoms with Crippen molar-refractivity contribution in [3.05, 3.63) is 22.8 Å². The van der Waals surface area contributed by atoms with Crippen LogP contribution in [0.3, 0.4) is 0 Å². The van der Waals surface area contributed by atoms with E-state index in [1.54, 1.807) is 7.11 Å². The molecule has 0 saturated heterocycles. The first kappa shape index (κ1) is 15.8. The minimum absolute atomic E-state index is 0.548. The Morgan fingerprint density at radius 3 is 2.37 bits per heavy atom. The van der Waals surface area contributed by atoms with Crippen molar-refractivity contribution in [2.24, 2.45) is 11.7 Å². The Morgan fingerprint density at radius 1 is 1.26 bits per heavy atom. The predicted molar refractivity (Wildman–Crippen MR) is 83.3 cm³/mol. The zero-order chi connectivity index (χ0) is 14.6. The number of nitrogens with two attached hydrogens (primary N) is 1. The second kappa shape index (κ2) is 6.80. The Bertz CT molecular complexity index is 425. The molecular weight excluding hydrogens is 236 g/mol. The van der Waals surface area contributed by atoms with Crippen molar-refractivity contribution < 1.29 is 4.74 Å². The third kappa shape index (κ3) is 3.41. The average Bonchev–Trinajstić information content (AvgIpc) is 2.40. The lowest BCUT2D eigenvalue weighted by atomic mass is 10.0. The standard InChI is InChI=1S/C16H28N2O/c1-7-14(9-17)10-18(5)15-8-11(2)16(19-6)13(4)12(15)3/h8,14H,7,9-10,17H2,1-6H3. The Labute approximate surface area is 117 Å². The van der Waals surface area contributed by atoms with Gasteiger partial charge in [0, 0.05) is 19.3 Å². The largest absolute Gasteiger partial charge is 0.496 e. The molecule has 19 heavy (non-hydrogen) atoms. The van der Waals surface area contributed by atoms with E-state index in [9.17, 15) is 0 Å². The Hall–Kier alpha value is -1.22. The van der Waals surface area contributed by atoms with Crippen LogP contribution in [0.25, 0.3) is 0 Å². The predicted octanol–water partition coefficient (Wildman–Crippen LogP) is 3.04. The van der Waals surface area contributed by atoms with Gasteiger partial charge in [-0.05, 0) is 56.0 Å². The van der Waals surface area contributed by atoms with E-state index >= 15 is 0 Å². The van der Waals surface area contributed by atoms with Gasteiger partial charge in [0.1, 0.15) is 5.75 Å². The van der Waals surface area contributed by atoms with Crippen molar-refractivity contribution in [3.8, 4) is 5.75 Å². The summed E-state index contributed by atoms with van der Waals surface area (Å²) in [5.41, 5.74) is 10.8. The first-order valence-electron chi connectivity index (χ1n) is 7.02. The summed E-state index contributed by atoms with van der Waals surface area (Å²) in [6.07, 6.45) is 1.12. The molecule has 1 aromatic carbocycles. The van der Waals surface area contributed by atoms with Crippen LogP contribution in [0, 0.1) is 26.7 Å². The van der Waals surface area contributed by atoms with E-state index in [1.165, 1.54) is 22.4 Å². The maximum atomic E-state index is 5.81. The monoisotopic (exact) mass is 264 g/mol. The molecule has 0 aromatic heterocycles. The zero-order valence-electron chi connectivity index (χ0n) is 13.2. The van der Waals surface area contributed by atoms with Crippen LogP contribution in [-0.2, 0) is 0 Å². The molecule has 0 aliphatic rings. The highest BCUT2D eigenvalue weighted by Gasteiger charge is 2.15. The highest BCUT2D eigenvalue weighted by atomic mass is 16.5. The molecule has 0 heterocycles. The van der Waals surface area contributed by atoms with Crippen LogP contribution in [0.1, 0.15) is 30.0 Å². The molecule has 0 spiro atoms. The SMILES string of the molecule is CCC(CN)CN(C)c1cc(C)c(OC)c(C)c1C. The van der Waals surface area contributed by atoms with Crippen molar-refractivity contribution in [1.82, 2.24) is 0 Å².